The molecule has 64 valence electrons. The molecule has 0 amide bonds. The normalized spacial score (nSPS) is 20.8. The second kappa shape index (κ2) is 4.08. The molecule has 0 atom stereocenters. The summed E-state index contributed by atoms with van der Waals surface area (Å²) in [5.74, 6) is 0. The molecule has 1 heterocycles. The predicted molar refractivity (Wildman–Crippen MR) is 47.3 cm³/mol. The molecule has 0 saturated heterocycles. The van der Waals surface area contributed by atoms with E-state index in [1.165, 1.54) is 0 Å². The average molecular weight is 174 g/mol. The summed E-state index contributed by atoms with van der Waals surface area (Å²) in [4.78, 5) is 0. The van der Waals surface area contributed by atoms with Gasteiger partial charge in [-0.05, 0) is 6.42 Å². The first kappa shape index (κ1) is 9.02. The molecule has 0 aromatic heterocycles. The van der Waals surface area contributed by atoms with Crippen LogP contribution in [0.3, 0.4) is 0 Å². The number of hydrogen-bond acceptors (Lipinski definition) is 2. The fourth-order valence-electron chi connectivity index (χ4n) is 1.03. The van der Waals surface area contributed by atoms with Gasteiger partial charge in [-0.1, -0.05) is 25.5 Å². The standard InChI is InChI=1S/C8H15O2P/c1-2-3-6-10-11(9)7-4-5-8-11/h4-5H,2-3,6-8H2,1H3. The third-order valence-electron chi connectivity index (χ3n) is 1.76. The summed E-state index contributed by atoms with van der Waals surface area (Å²) in [6.07, 6.45) is 7.32. The van der Waals surface area contributed by atoms with E-state index in [0.717, 1.165) is 12.8 Å². The fraction of sp³-hybridized carbons (Fsp3) is 0.750. The Balaban J connectivity index is 2.20. The van der Waals surface area contributed by atoms with Gasteiger partial charge in [0, 0.05) is 12.3 Å². The molecule has 0 N–H and O–H groups in total. The SMILES string of the molecule is CCCCOP1(=O)CC=CC1. The quantitative estimate of drug-likeness (QED) is 0.372. The topological polar surface area (TPSA) is 26.3 Å². The predicted octanol–water partition coefficient (Wildman–Crippen LogP) is 2.65. The molecule has 1 rings (SSSR count). The summed E-state index contributed by atoms with van der Waals surface area (Å²) < 4.78 is 16.9. The van der Waals surface area contributed by atoms with Gasteiger partial charge in [-0.3, -0.25) is 4.57 Å². The molecule has 0 aromatic carbocycles. The highest BCUT2D eigenvalue weighted by Crippen LogP contribution is 2.50. The Morgan fingerprint density at radius 2 is 2.09 bits per heavy atom. The van der Waals surface area contributed by atoms with E-state index in [2.05, 4.69) is 6.92 Å². The Hall–Kier alpha value is -0.0700. The number of unbranched alkanes of at least 4 members (excludes halogenated alkanes) is 1. The Morgan fingerprint density at radius 3 is 2.64 bits per heavy atom. The van der Waals surface area contributed by atoms with Crippen molar-refractivity contribution in [3.8, 4) is 0 Å². The Bertz CT molecular complexity index is 175. The lowest BCUT2D eigenvalue weighted by atomic mass is 10.4. The Morgan fingerprint density at radius 1 is 1.45 bits per heavy atom. The molecule has 1 aliphatic rings. The number of allylic oxidation sites excluding steroid dienone is 2. The van der Waals surface area contributed by atoms with Crippen LogP contribution in [-0.4, -0.2) is 18.9 Å². The second-order valence-corrected chi connectivity index (χ2v) is 5.46. The minimum Gasteiger partial charge on any atom is -0.328 e. The van der Waals surface area contributed by atoms with Gasteiger partial charge in [0.05, 0.1) is 6.61 Å². The van der Waals surface area contributed by atoms with Gasteiger partial charge in [0.25, 0.3) is 0 Å². The van der Waals surface area contributed by atoms with Crippen molar-refractivity contribution in [3.05, 3.63) is 12.2 Å². The van der Waals surface area contributed by atoms with Crippen molar-refractivity contribution in [2.75, 3.05) is 18.9 Å². The smallest absolute Gasteiger partial charge is 0.210 e. The van der Waals surface area contributed by atoms with Crippen LogP contribution in [-0.2, 0) is 9.09 Å². The maximum absolute atomic E-state index is 11.6. The summed E-state index contributed by atoms with van der Waals surface area (Å²) in [6, 6.07) is 0. The third kappa shape index (κ3) is 2.80. The summed E-state index contributed by atoms with van der Waals surface area (Å²) >= 11 is 0. The van der Waals surface area contributed by atoms with E-state index >= 15 is 0 Å². The minimum absolute atomic E-state index is 0.650. The summed E-state index contributed by atoms with van der Waals surface area (Å²) in [7, 11) is -2.21. The highest BCUT2D eigenvalue weighted by atomic mass is 31.2. The lowest BCUT2D eigenvalue weighted by molar-refractivity contribution is 0.310. The zero-order valence-corrected chi connectivity index (χ0v) is 7.85. The lowest BCUT2D eigenvalue weighted by Crippen LogP contribution is -1.94. The van der Waals surface area contributed by atoms with Crippen LogP contribution < -0.4 is 0 Å². The van der Waals surface area contributed by atoms with Crippen LogP contribution in [0, 0.1) is 0 Å². The van der Waals surface area contributed by atoms with E-state index in [4.69, 9.17) is 4.52 Å². The molecular formula is C8H15O2P. The Kier molecular flexibility index (Phi) is 3.35. The number of rotatable bonds is 4. The van der Waals surface area contributed by atoms with Gasteiger partial charge < -0.3 is 4.52 Å². The molecule has 0 spiro atoms. The summed E-state index contributed by atoms with van der Waals surface area (Å²) in [5, 5.41) is 0. The van der Waals surface area contributed by atoms with Gasteiger partial charge in [0.15, 0.2) is 0 Å². The molecule has 3 heteroatoms. The van der Waals surface area contributed by atoms with Gasteiger partial charge in [-0.25, -0.2) is 0 Å². The molecule has 0 aliphatic carbocycles. The van der Waals surface area contributed by atoms with Crippen molar-refractivity contribution in [2.45, 2.75) is 19.8 Å². The second-order valence-electron chi connectivity index (χ2n) is 2.84. The van der Waals surface area contributed by atoms with Gasteiger partial charge in [-0.2, -0.15) is 0 Å². The molecule has 0 unspecified atom stereocenters. The first-order chi connectivity index (χ1) is 5.27. The zero-order valence-electron chi connectivity index (χ0n) is 6.95. The highest BCUT2D eigenvalue weighted by molar-refractivity contribution is 7.59. The molecular weight excluding hydrogens is 159 g/mol. The van der Waals surface area contributed by atoms with Gasteiger partial charge >= 0.3 is 0 Å². The van der Waals surface area contributed by atoms with Crippen molar-refractivity contribution >= 4 is 7.37 Å². The molecule has 11 heavy (non-hydrogen) atoms. The molecule has 1 aliphatic heterocycles. The lowest BCUT2D eigenvalue weighted by Gasteiger charge is -2.10. The molecule has 0 fully saturated rings. The fourth-order valence-corrected chi connectivity index (χ4v) is 2.79. The van der Waals surface area contributed by atoms with E-state index in [9.17, 15) is 4.57 Å². The van der Waals surface area contributed by atoms with E-state index in [-0.39, 0.29) is 0 Å². The van der Waals surface area contributed by atoms with Crippen LogP contribution in [0.4, 0.5) is 0 Å². The first-order valence-corrected chi connectivity index (χ1v) is 6.14. The average Bonchev–Trinajstić information content (AvgIpc) is 2.38. The maximum Gasteiger partial charge on any atom is 0.210 e. The van der Waals surface area contributed by atoms with E-state index < -0.39 is 7.37 Å². The van der Waals surface area contributed by atoms with Crippen LogP contribution in [0.1, 0.15) is 19.8 Å². The number of hydrogen-bond donors (Lipinski definition) is 0. The van der Waals surface area contributed by atoms with Crippen molar-refractivity contribution in [2.24, 2.45) is 0 Å². The molecule has 0 saturated carbocycles. The summed E-state index contributed by atoms with van der Waals surface area (Å²) in [6.45, 7) is 2.77. The van der Waals surface area contributed by atoms with Crippen molar-refractivity contribution in [1.29, 1.82) is 0 Å². The van der Waals surface area contributed by atoms with Gasteiger partial charge in [-0.15, -0.1) is 0 Å². The van der Waals surface area contributed by atoms with Crippen LogP contribution in [0.15, 0.2) is 12.2 Å². The first-order valence-electron chi connectivity index (χ1n) is 4.14. The molecule has 0 aromatic rings. The third-order valence-corrected chi connectivity index (χ3v) is 3.95. The van der Waals surface area contributed by atoms with Crippen molar-refractivity contribution in [3.63, 3.8) is 0 Å². The Labute approximate surface area is 68.1 Å². The van der Waals surface area contributed by atoms with E-state index in [0.29, 0.717) is 18.9 Å². The molecule has 0 bridgehead atoms. The van der Waals surface area contributed by atoms with Crippen molar-refractivity contribution in [1.82, 2.24) is 0 Å². The van der Waals surface area contributed by atoms with E-state index in [1.54, 1.807) is 0 Å². The molecule has 2 nitrogen and oxygen atoms in total. The van der Waals surface area contributed by atoms with Crippen LogP contribution >= 0.6 is 7.37 Å². The van der Waals surface area contributed by atoms with Crippen LogP contribution in [0.25, 0.3) is 0 Å². The minimum atomic E-state index is -2.21. The highest BCUT2D eigenvalue weighted by Gasteiger charge is 2.23. The molecule has 0 radical (unpaired) electrons. The van der Waals surface area contributed by atoms with Crippen LogP contribution in [0.5, 0.6) is 0 Å². The van der Waals surface area contributed by atoms with Gasteiger partial charge in [0.1, 0.15) is 0 Å². The maximum atomic E-state index is 11.6. The van der Waals surface area contributed by atoms with Gasteiger partial charge in [0.2, 0.25) is 7.37 Å². The van der Waals surface area contributed by atoms with E-state index in [1.807, 2.05) is 12.2 Å². The van der Waals surface area contributed by atoms with Crippen LogP contribution in [0.2, 0.25) is 0 Å². The summed E-state index contributed by atoms with van der Waals surface area (Å²) in [5.41, 5.74) is 0. The monoisotopic (exact) mass is 174 g/mol. The largest absolute Gasteiger partial charge is 0.328 e. The van der Waals surface area contributed by atoms with Crippen molar-refractivity contribution < 1.29 is 9.09 Å². The zero-order chi connectivity index (χ0) is 8.16.